The minimum absolute atomic E-state index is 0.0370. The molecule has 0 spiro atoms. The number of nitro benzene ring substituents is 1. The Bertz CT molecular complexity index is 1110. The molecule has 0 aliphatic carbocycles. The largest absolute Gasteiger partial charge is 0.497 e. The summed E-state index contributed by atoms with van der Waals surface area (Å²) < 4.78 is 16.0. The number of methoxy groups -OCH3 is 2. The van der Waals surface area contributed by atoms with Crippen molar-refractivity contribution in [2.75, 3.05) is 14.2 Å². The Morgan fingerprint density at radius 3 is 2.31 bits per heavy atom. The van der Waals surface area contributed by atoms with Crippen molar-refractivity contribution in [3.8, 4) is 17.2 Å². The summed E-state index contributed by atoms with van der Waals surface area (Å²) in [6.45, 7) is 0.283. The van der Waals surface area contributed by atoms with Crippen LogP contribution in [-0.4, -0.2) is 31.3 Å². The summed E-state index contributed by atoms with van der Waals surface area (Å²) in [5.41, 5.74) is 4.41. The molecule has 0 aliphatic heterocycles. The van der Waals surface area contributed by atoms with Gasteiger partial charge in [-0.15, -0.1) is 0 Å². The Balaban J connectivity index is 1.54. The van der Waals surface area contributed by atoms with Gasteiger partial charge in [0.1, 0.15) is 23.9 Å². The Hall–Kier alpha value is -4.40. The third-order valence-corrected chi connectivity index (χ3v) is 4.47. The fourth-order valence-electron chi connectivity index (χ4n) is 2.74. The zero-order valence-electron chi connectivity index (χ0n) is 17.5. The predicted molar refractivity (Wildman–Crippen MR) is 118 cm³/mol. The van der Waals surface area contributed by atoms with Gasteiger partial charge in [0, 0.05) is 18.2 Å². The molecule has 0 bridgehead atoms. The van der Waals surface area contributed by atoms with Crippen molar-refractivity contribution in [1.29, 1.82) is 0 Å². The van der Waals surface area contributed by atoms with Crippen LogP contribution in [0, 0.1) is 10.1 Å². The molecule has 0 heterocycles. The van der Waals surface area contributed by atoms with Crippen LogP contribution in [0.3, 0.4) is 0 Å². The van der Waals surface area contributed by atoms with Gasteiger partial charge >= 0.3 is 0 Å². The molecule has 9 heteroatoms. The van der Waals surface area contributed by atoms with E-state index >= 15 is 0 Å². The number of nitrogens with zero attached hydrogens (tertiary/aromatic N) is 2. The van der Waals surface area contributed by atoms with E-state index in [0.717, 1.165) is 11.1 Å². The molecule has 3 aromatic rings. The summed E-state index contributed by atoms with van der Waals surface area (Å²) in [4.78, 5) is 22.6. The molecule has 1 amide bonds. The highest BCUT2D eigenvalue weighted by Crippen LogP contribution is 2.24. The first-order valence-electron chi connectivity index (χ1n) is 9.52. The van der Waals surface area contributed by atoms with Gasteiger partial charge in [-0.1, -0.05) is 0 Å². The average molecular weight is 435 g/mol. The monoisotopic (exact) mass is 435 g/mol. The topological polar surface area (TPSA) is 112 Å². The normalized spacial score (nSPS) is 10.6. The van der Waals surface area contributed by atoms with Crippen molar-refractivity contribution in [2.24, 2.45) is 5.10 Å². The molecule has 32 heavy (non-hydrogen) atoms. The predicted octanol–water partition coefficient (Wildman–Crippen LogP) is 3.95. The zero-order chi connectivity index (χ0) is 22.9. The lowest BCUT2D eigenvalue weighted by molar-refractivity contribution is -0.384. The van der Waals surface area contributed by atoms with Crippen LogP contribution in [0.25, 0.3) is 0 Å². The second kappa shape index (κ2) is 10.6. The summed E-state index contributed by atoms with van der Waals surface area (Å²) in [7, 11) is 3.00. The first-order valence-corrected chi connectivity index (χ1v) is 9.52. The summed E-state index contributed by atoms with van der Waals surface area (Å²) in [6, 6.07) is 18.2. The van der Waals surface area contributed by atoms with Crippen LogP contribution in [0.2, 0.25) is 0 Å². The lowest BCUT2D eigenvalue weighted by atomic mass is 10.2. The maximum absolute atomic E-state index is 12.3. The molecule has 0 fully saturated rings. The van der Waals surface area contributed by atoms with Gasteiger partial charge in [-0.05, 0) is 59.7 Å². The third-order valence-electron chi connectivity index (χ3n) is 4.47. The number of hydrazone groups is 1. The summed E-state index contributed by atoms with van der Waals surface area (Å²) >= 11 is 0. The molecular formula is C23H21N3O6. The molecule has 0 atom stereocenters. The second-order valence-electron chi connectivity index (χ2n) is 6.55. The van der Waals surface area contributed by atoms with Crippen LogP contribution in [0.4, 0.5) is 5.69 Å². The lowest BCUT2D eigenvalue weighted by Crippen LogP contribution is -2.18. The van der Waals surface area contributed by atoms with Crippen molar-refractivity contribution in [3.05, 3.63) is 93.5 Å². The second-order valence-corrected chi connectivity index (χ2v) is 6.55. The lowest BCUT2D eigenvalue weighted by Gasteiger charge is -2.09. The average Bonchev–Trinajstić information content (AvgIpc) is 2.83. The summed E-state index contributed by atoms with van der Waals surface area (Å²) in [5, 5.41) is 14.7. The highest BCUT2D eigenvalue weighted by atomic mass is 16.6. The van der Waals surface area contributed by atoms with Crippen LogP contribution in [0.1, 0.15) is 21.5 Å². The Kier molecular flexibility index (Phi) is 7.37. The van der Waals surface area contributed by atoms with Gasteiger partial charge in [0.05, 0.1) is 30.9 Å². The number of benzene rings is 3. The van der Waals surface area contributed by atoms with Gasteiger partial charge in [-0.3, -0.25) is 14.9 Å². The SMILES string of the molecule is COc1ccc(C(=O)N/N=C\c2ccc(OCc3ccc([N+](=O)[O-])cc3)cc2)c(OC)c1. The highest BCUT2D eigenvalue weighted by molar-refractivity contribution is 5.97. The fourth-order valence-corrected chi connectivity index (χ4v) is 2.74. The van der Waals surface area contributed by atoms with Crippen molar-refractivity contribution in [3.63, 3.8) is 0 Å². The van der Waals surface area contributed by atoms with Crippen molar-refractivity contribution < 1.29 is 23.9 Å². The van der Waals surface area contributed by atoms with E-state index in [2.05, 4.69) is 10.5 Å². The molecule has 0 unspecified atom stereocenters. The summed E-state index contributed by atoms with van der Waals surface area (Å²) in [5.74, 6) is 1.18. The number of hydrogen-bond acceptors (Lipinski definition) is 7. The van der Waals surface area contributed by atoms with E-state index in [-0.39, 0.29) is 12.3 Å². The van der Waals surface area contributed by atoms with E-state index < -0.39 is 10.8 Å². The number of non-ortho nitro benzene ring substituents is 1. The van der Waals surface area contributed by atoms with Crippen molar-refractivity contribution in [1.82, 2.24) is 5.43 Å². The van der Waals surface area contributed by atoms with E-state index in [0.29, 0.717) is 22.8 Å². The molecule has 0 aromatic heterocycles. The van der Waals surface area contributed by atoms with E-state index in [1.54, 1.807) is 54.6 Å². The standard InChI is InChI=1S/C23H21N3O6/c1-30-20-11-12-21(22(13-20)31-2)23(27)25-24-14-16-5-9-19(10-6-16)32-15-17-3-7-18(8-4-17)26(28)29/h3-14H,15H2,1-2H3,(H,25,27)/b24-14-. The number of carbonyl (C=O) groups is 1. The molecule has 0 aliphatic rings. The van der Waals surface area contributed by atoms with Crippen LogP contribution in [0.5, 0.6) is 17.2 Å². The molecule has 164 valence electrons. The minimum Gasteiger partial charge on any atom is -0.497 e. The molecule has 0 saturated heterocycles. The van der Waals surface area contributed by atoms with Crippen LogP contribution in [0.15, 0.2) is 71.8 Å². The summed E-state index contributed by atoms with van der Waals surface area (Å²) in [6.07, 6.45) is 1.51. The smallest absolute Gasteiger partial charge is 0.275 e. The first-order chi connectivity index (χ1) is 15.5. The van der Waals surface area contributed by atoms with Gasteiger partial charge < -0.3 is 14.2 Å². The number of ether oxygens (including phenoxy) is 3. The molecule has 3 rings (SSSR count). The maximum Gasteiger partial charge on any atom is 0.275 e. The van der Waals surface area contributed by atoms with E-state index in [1.807, 2.05) is 0 Å². The van der Waals surface area contributed by atoms with E-state index in [9.17, 15) is 14.9 Å². The fraction of sp³-hybridized carbons (Fsp3) is 0.130. The highest BCUT2D eigenvalue weighted by Gasteiger charge is 2.12. The maximum atomic E-state index is 12.3. The number of rotatable bonds is 9. The van der Waals surface area contributed by atoms with Crippen molar-refractivity contribution in [2.45, 2.75) is 6.61 Å². The molecule has 0 radical (unpaired) electrons. The number of amides is 1. The molecule has 0 saturated carbocycles. The van der Waals surface area contributed by atoms with E-state index in [4.69, 9.17) is 14.2 Å². The van der Waals surface area contributed by atoms with E-state index in [1.165, 1.54) is 32.6 Å². The zero-order valence-corrected chi connectivity index (χ0v) is 17.5. The van der Waals surface area contributed by atoms with Crippen LogP contribution in [-0.2, 0) is 6.61 Å². The van der Waals surface area contributed by atoms with Gasteiger partial charge in [0.15, 0.2) is 0 Å². The number of nitrogens with one attached hydrogen (secondary N) is 1. The Morgan fingerprint density at radius 2 is 1.69 bits per heavy atom. The van der Waals surface area contributed by atoms with Gasteiger partial charge in [-0.25, -0.2) is 5.43 Å². The first kappa shape index (κ1) is 22.3. The van der Waals surface area contributed by atoms with Crippen LogP contribution >= 0.6 is 0 Å². The molecule has 1 N–H and O–H groups in total. The van der Waals surface area contributed by atoms with Gasteiger partial charge in [0.25, 0.3) is 11.6 Å². The number of hydrogen-bond donors (Lipinski definition) is 1. The number of nitro groups is 1. The third kappa shape index (κ3) is 5.82. The number of carbonyl (C=O) groups excluding carboxylic acids is 1. The van der Waals surface area contributed by atoms with Gasteiger partial charge in [-0.2, -0.15) is 5.10 Å². The molecule has 3 aromatic carbocycles. The Labute approximate surface area is 184 Å². The molecule has 9 nitrogen and oxygen atoms in total. The Morgan fingerprint density at radius 1 is 1.00 bits per heavy atom. The molecular weight excluding hydrogens is 414 g/mol. The minimum atomic E-state index is -0.444. The quantitative estimate of drug-likeness (QED) is 0.309. The van der Waals surface area contributed by atoms with Crippen LogP contribution < -0.4 is 19.6 Å². The van der Waals surface area contributed by atoms with Gasteiger partial charge in [0.2, 0.25) is 0 Å². The van der Waals surface area contributed by atoms with Crippen molar-refractivity contribution >= 4 is 17.8 Å².